The van der Waals surface area contributed by atoms with Crippen molar-refractivity contribution in [1.29, 1.82) is 0 Å². The summed E-state index contributed by atoms with van der Waals surface area (Å²) in [6.45, 7) is 0.439. The molecule has 4 rings (SSSR count). The fourth-order valence-electron chi connectivity index (χ4n) is 2.46. The molecule has 0 aliphatic rings. The molecule has 0 atom stereocenters. The number of nitrogens with zero attached hydrogens (tertiary/aromatic N) is 3. The Balaban J connectivity index is 1.55. The van der Waals surface area contributed by atoms with E-state index in [4.69, 9.17) is 11.6 Å². The van der Waals surface area contributed by atoms with Crippen molar-refractivity contribution in [2.75, 3.05) is 0 Å². The fourth-order valence-corrected chi connectivity index (χ4v) is 4.13. The lowest BCUT2D eigenvalue weighted by atomic mass is 10.2. The minimum absolute atomic E-state index is 0.0199. The van der Waals surface area contributed by atoms with Crippen LogP contribution in [0.3, 0.4) is 0 Å². The first-order chi connectivity index (χ1) is 11.7. The second-order valence-electron chi connectivity index (χ2n) is 5.35. The highest BCUT2D eigenvalue weighted by atomic mass is 35.5. The summed E-state index contributed by atoms with van der Waals surface area (Å²) in [6, 6.07) is 9.59. The van der Waals surface area contributed by atoms with Crippen LogP contribution in [0.4, 0.5) is 0 Å². The lowest BCUT2D eigenvalue weighted by Crippen LogP contribution is -2.20. The summed E-state index contributed by atoms with van der Waals surface area (Å²) < 4.78 is 1.61. The first-order valence-electron chi connectivity index (χ1n) is 7.29. The molecule has 0 radical (unpaired) electrons. The van der Waals surface area contributed by atoms with Gasteiger partial charge in [0.1, 0.15) is 4.83 Å². The zero-order valence-electron chi connectivity index (χ0n) is 12.5. The number of thiophene rings is 1. The molecule has 0 aliphatic carbocycles. The topological polar surface area (TPSA) is 47.8 Å². The van der Waals surface area contributed by atoms with E-state index in [1.165, 1.54) is 16.9 Å². The summed E-state index contributed by atoms with van der Waals surface area (Å²) in [6.07, 6.45) is 2.36. The highest BCUT2D eigenvalue weighted by molar-refractivity contribution is 7.16. The standard InChI is InChI=1S/C17H12ClN3OS2/c18-12-3-1-11(2-4-12)7-15-20-13(9-24-15)8-21-10-19-16-14(17(21)22)5-6-23-16/h1-6,9-10H,7-8H2. The van der Waals surface area contributed by atoms with Gasteiger partial charge in [0.2, 0.25) is 0 Å². The van der Waals surface area contributed by atoms with Crippen LogP contribution in [0.5, 0.6) is 0 Å². The second-order valence-corrected chi connectivity index (χ2v) is 7.63. The maximum absolute atomic E-state index is 12.4. The third kappa shape index (κ3) is 3.13. The van der Waals surface area contributed by atoms with Gasteiger partial charge in [0.15, 0.2) is 0 Å². The lowest BCUT2D eigenvalue weighted by molar-refractivity contribution is 0.732. The number of hydrogen-bond donors (Lipinski definition) is 0. The van der Waals surface area contributed by atoms with Crippen LogP contribution in [0.1, 0.15) is 16.3 Å². The number of aromatic nitrogens is 3. The Hall–Kier alpha value is -2.02. The van der Waals surface area contributed by atoms with Crippen molar-refractivity contribution >= 4 is 44.5 Å². The number of benzene rings is 1. The normalized spacial score (nSPS) is 11.2. The van der Waals surface area contributed by atoms with Crippen molar-refractivity contribution < 1.29 is 0 Å². The third-order valence-electron chi connectivity index (χ3n) is 3.65. The predicted octanol–water partition coefficient (Wildman–Crippen LogP) is 4.21. The molecule has 0 aliphatic heterocycles. The summed E-state index contributed by atoms with van der Waals surface area (Å²) in [5.41, 5.74) is 2.02. The number of hydrogen-bond acceptors (Lipinski definition) is 5. The van der Waals surface area contributed by atoms with E-state index in [9.17, 15) is 4.79 Å². The van der Waals surface area contributed by atoms with Gasteiger partial charge in [-0.3, -0.25) is 9.36 Å². The minimum Gasteiger partial charge on any atom is -0.293 e. The van der Waals surface area contributed by atoms with Crippen molar-refractivity contribution in [3.05, 3.63) is 79.1 Å². The first-order valence-corrected chi connectivity index (χ1v) is 9.43. The molecule has 3 heterocycles. The van der Waals surface area contributed by atoms with Gasteiger partial charge in [0.25, 0.3) is 5.56 Å². The zero-order chi connectivity index (χ0) is 16.5. The van der Waals surface area contributed by atoms with Crippen LogP contribution in [-0.4, -0.2) is 14.5 Å². The van der Waals surface area contributed by atoms with E-state index < -0.39 is 0 Å². The van der Waals surface area contributed by atoms with Crippen LogP contribution < -0.4 is 5.56 Å². The molecule has 0 fully saturated rings. The van der Waals surface area contributed by atoms with Gasteiger partial charge in [-0.15, -0.1) is 22.7 Å². The average molecular weight is 374 g/mol. The third-order valence-corrected chi connectivity index (χ3v) is 5.62. The van der Waals surface area contributed by atoms with E-state index in [0.29, 0.717) is 11.9 Å². The van der Waals surface area contributed by atoms with E-state index in [-0.39, 0.29) is 5.56 Å². The van der Waals surface area contributed by atoms with Crippen LogP contribution in [0.15, 0.2) is 52.2 Å². The number of fused-ring (bicyclic) bond motifs is 1. The van der Waals surface area contributed by atoms with Crippen LogP contribution in [-0.2, 0) is 13.0 Å². The van der Waals surface area contributed by atoms with E-state index in [0.717, 1.165) is 27.0 Å². The molecule has 120 valence electrons. The van der Waals surface area contributed by atoms with E-state index in [1.54, 1.807) is 22.2 Å². The molecule has 1 aromatic carbocycles. The lowest BCUT2D eigenvalue weighted by Gasteiger charge is -2.02. The minimum atomic E-state index is -0.0199. The number of rotatable bonds is 4. The smallest absolute Gasteiger partial charge is 0.262 e. The highest BCUT2D eigenvalue weighted by Crippen LogP contribution is 2.18. The van der Waals surface area contributed by atoms with Gasteiger partial charge >= 0.3 is 0 Å². The van der Waals surface area contributed by atoms with E-state index in [2.05, 4.69) is 9.97 Å². The Morgan fingerprint density at radius 2 is 1.96 bits per heavy atom. The van der Waals surface area contributed by atoms with Crippen LogP contribution in [0, 0.1) is 0 Å². The number of thiazole rings is 1. The van der Waals surface area contributed by atoms with Crippen molar-refractivity contribution in [2.24, 2.45) is 0 Å². The first kappa shape index (κ1) is 15.5. The molecule has 4 nitrogen and oxygen atoms in total. The number of halogens is 1. The Labute approximate surface area is 151 Å². The average Bonchev–Trinajstić information content (AvgIpc) is 3.22. The second kappa shape index (κ2) is 6.47. The van der Waals surface area contributed by atoms with E-state index in [1.807, 2.05) is 41.1 Å². The van der Waals surface area contributed by atoms with Gasteiger partial charge in [-0.25, -0.2) is 9.97 Å². The summed E-state index contributed by atoms with van der Waals surface area (Å²) in [5.74, 6) is 0. The summed E-state index contributed by atoms with van der Waals surface area (Å²) in [5, 5.41) is 6.30. The Morgan fingerprint density at radius 3 is 2.79 bits per heavy atom. The van der Waals surface area contributed by atoms with Gasteiger partial charge in [-0.2, -0.15) is 0 Å². The molecule has 0 bridgehead atoms. The Morgan fingerprint density at radius 1 is 1.12 bits per heavy atom. The van der Waals surface area contributed by atoms with Crippen LogP contribution in [0.2, 0.25) is 5.02 Å². The van der Waals surface area contributed by atoms with Gasteiger partial charge in [0.05, 0.1) is 29.0 Å². The molecule has 0 unspecified atom stereocenters. The Bertz CT molecular complexity index is 1050. The van der Waals surface area contributed by atoms with Gasteiger partial charge in [-0.05, 0) is 29.1 Å². The SMILES string of the molecule is O=c1c2ccsc2ncn1Cc1csc(Cc2ccc(Cl)cc2)n1. The van der Waals surface area contributed by atoms with Gasteiger partial charge < -0.3 is 0 Å². The Kier molecular flexibility index (Phi) is 4.18. The molecular formula is C17H12ClN3OS2. The zero-order valence-corrected chi connectivity index (χ0v) is 14.9. The van der Waals surface area contributed by atoms with Crippen LogP contribution >= 0.6 is 34.3 Å². The maximum atomic E-state index is 12.4. The molecule has 0 spiro atoms. The summed E-state index contributed by atoms with van der Waals surface area (Å²) in [7, 11) is 0. The van der Waals surface area contributed by atoms with Crippen molar-refractivity contribution in [3.63, 3.8) is 0 Å². The van der Waals surface area contributed by atoms with Crippen LogP contribution in [0.25, 0.3) is 10.2 Å². The van der Waals surface area contributed by atoms with Gasteiger partial charge in [0, 0.05) is 16.8 Å². The quantitative estimate of drug-likeness (QED) is 0.538. The van der Waals surface area contributed by atoms with Crippen molar-refractivity contribution in [1.82, 2.24) is 14.5 Å². The molecule has 7 heteroatoms. The summed E-state index contributed by atoms with van der Waals surface area (Å²) >= 11 is 8.98. The largest absolute Gasteiger partial charge is 0.293 e. The van der Waals surface area contributed by atoms with Crippen molar-refractivity contribution in [2.45, 2.75) is 13.0 Å². The molecule has 3 aromatic heterocycles. The molecule has 0 N–H and O–H groups in total. The van der Waals surface area contributed by atoms with E-state index >= 15 is 0 Å². The molecule has 24 heavy (non-hydrogen) atoms. The highest BCUT2D eigenvalue weighted by Gasteiger charge is 2.08. The maximum Gasteiger partial charge on any atom is 0.262 e. The fraction of sp³-hybridized carbons (Fsp3) is 0.118. The van der Waals surface area contributed by atoms with Crippen molar-refractivity contribution in [3.8, 4) is 0 Å². The molecule has 4 aromatic rings. The monoisotopic (exact) mass is 373 g/mol. The molecule has 0 amide bonds. The molecule has 0 saturated carbocycles. The molecule has 0 saturated heterocycles. The summed E-state index contributed by atoms with van der Waals surface area (Å²) in [4.78, 5) is 22.2. The predicted molar refractivity (Wildman–Crippen MR) is 99.4 cm³/mol. The molecular weight excluding hydrogens is 362 g/mol. The van der Waals surface area contributed by atoms with Gasteiger partial charge in [-0.1, -0.05) is 23.7 Å².